The van der Waals surface area contributed by atoms with Crippen molar-refractivity contribution >= 4 is 97.7 Å². The predicted octanol–water partition coefficient (Wildman–Crippen LogP) is 16.3. The maximum atomic E-state index is 6.68. The highest BCUT2D eigenvalue weighted by Gasteiger charge is 2.21. The van der Waals surface area contributed by atoms with E-state index in [4.69, 9.17) is 8.83 Å². The molecule has 0 bridgehead atoms. The van der Waals surface area contributed by atoms with Gasteiger partial charge < -0.3 is 8.83 Å². The van der Waals surface area contributed by atoms with Gasteiger partial charge in [-0.3, -0.25) is 0 Å². The van der Waals surface area contributed by atoms with Gasteiger partial charge in [-0.15, -0.1) is 0 Å². The fourth-order valence-electron chi connectivity index (χ4n) is 9.95. The largest absolute Gasteiger partial charge is 0.456 e. The molecule has 0 unspecified atom stereocenters. The average Bonchev–Trinajstić information content (AvgIpc) is 3.86. The molecular formula is C56H32O2. The van der Waals surface area contributed by atoms with E-state index >= 15 is 0 Å². The van der Waals surface area contributed by atoms with Crippen molar-refractivity contribution in [1.29, 1.82) is 0 Å². The lowest BCUT2D eigenvalue weighted by Gasteiger charge is -2.20. The molecule has 0 N–H and O–H groups in total. The minimum absolute atomic E-state index is 0.860. The summed E-state index contributed by atoms with van der Waals surface area (Å²) in [6, 6.07) is 70.3. The van der Waals surface area contributed by atoms with Crippen LogP contribution in [0.15, 0.2) is 203 Å². The van der Waals surface area contributed by atoms with Gasteiger partial charge in [-0.2, -0.15) is 0 Å². The first-order chi connectivity index (χ1) is 28.8. The zero-order valence-electron chi connectivity index (χ0n) is 31.3. The van der Waals surface area contributed by atoms with Crippen LogP contribution in [-0.2, 0) is 0 Å². The third-order valence-corrected chi connectivity index (χ3v) is 12.5. The van der Waals surface area contributed by atoms with Crippen molar-refractivity contribution in [3.63, 3.8) is 0 Å². The predicted molar refractivity (Wildman–Crippen MR) is 245 cm³/mol. The molecule has 2 nitrogen and oxygen atoms in total. The summed E-state index contributed by atoms with van der Waals surface area (Å²) in [5, 5.41) is 16.6. The Bertz CT molecular complexity index is 3800. The van der Waals surface area contributed by atoms with Gasteiger partial charge in [0.15, 0.2) is 0 Å². The van der Waals surface area contributed by atoms with Crippen molar-refractivity contribution < 1.29 is 8.83 Å². The molecule has 2 aromatic heterocycles. The van der Waals surface area contributed by atoms with Crippen LogP contribution >= 0.6 is 0 Å². The molecule has 58 heavy (non-hydrogen) atoms. The molecule has 268 valence electrons. The lowest BCUT2D eigenvalue weighted by atomic mass is 9.83. The fourth-order valence-corrected chi connectivity index (χ4v) is 9.95. The molecule has 0 spiro atoms. The van der Waals surface area contributed by atoms with Crippen molar-refractivity contribution in [2.75, 3.05) is 0 Å². The summed E-state index contributed by atoms with van der Waals surface area (Å²) < 4.78 is 13.2. The highest BCUT2D eigenvalue weighted by atomic mass is 16.3. The molecule has 0 saturated heterocycles. The monoisotopic (exact) mass is 736 g/mol. The van der Waals surface area contributed by atoms with Crippen molar-refractivity contribution in [3.05, 3.63) is 194 Å². The van der Waals surface area contributed by atoms with E-state index in [2.05, 4.69) is 182 Å². The maximum absolute atomic E-state index is 6.68. The van der Waals surface area contributed by atoms with Crippen molar-refractivity contribution in [2.24, 2.45) is 0 Å². The van der Waals surface area contributed by atoms with Crippen LogP contribution in [0, 0.1) is 0 Å². The molecule has 0 saturated carbocycles. The van der Waals surface area contributed by atoms with E-state index in [0.29, 0.717) is 0 Å². The third-order valence-electron chi connectivity index (χ3n) is 12.5. The van der Waals surface area contributed by atoms with Crippen molar-refractivity contribution in [3.8, 4) is 33.4 Å². The van der Waals surface area contributed by atoms with Crippen molar-refractivity contribution in [1.82, 2.24) is 0 Å². The Morgan fingerprint density at radius 3 is 1.55 bits per heavy atom. The molecule has 0 atom stereocenters. The summed E-state index contributed by atoms with van der Waals surface area (Å²) in [7, 11) is 0. The maximum Gasteiger partial charge on any atom is 0.144 e. The topological polar surface area (TPSA) is 26.3 Å². The molecular weight excluding hydrogens is 705 g/mol. The number of furan rings is 2. The van der Waals surface area contributed by atoms with Crippen LogP contribution in [-0.4, -0.2) is 0 Å². The van der Waals surface area contributed by atoms with Gasteiger partial charge in [0.2, 0.25) is 0 Å². The lowest BCUT2D eigenvalue weighted by Crippen LogP contribution is -1.93. The van der Waals surface area contributed by atoms with E-state index in [9.17, 15) is 0 Å². The van der Waals surface area contributed by atoms with Gasteiger partial charge in [0, 0.05) is 26.9 Å². The second-order valence-electron chi connectivity index (χ2n) is 15.5. The molecule has 11 aromatic carbocycles. The zero-order valence-corrected chi connectivity index (χ0v) is 31.3. The second-order valence-corrected chi connectivity index (χ2v) is 15.5. The first kappa shape index (κ1) is 31.5. The second kappa shape index (κ2) is 11.9. The van der Waals surface area contributed by atoms with Crippen LogP contribution in [0.2, 0.25) is 0 Å². The molecule has 13 aromatic rings. The van der Waals surface area contributed by atoms with Crippen LogP contribution in [0.25, 0.3) is 131 Å². The zero-order chi connectivity index (χ0) is 37.9. The first-order valence-corrected chi connectivity index (χ1v) is 19.9. The Morgan fingerprint density at radius 2 is 0.810 bits per heavy atom. The lowest BCUT2D eigenvalue weighted by molar-refractivity contribution is 0.668. The quantitative estimate of drug-likeness (QED) is 0.169. The summed E-state index contributed by atoms with van der Waals surface area (Å²) in [4.78, 5) is 0. The van der Waals surface area contributed by atoms with Gasteiger partial charge in [-0.1, -0.05) is 164 Å². The van der Waals surface area contributed by atoms with Crippen LogP contribution in [0.5, 0.6) is 0 Å². The Balaban J connectivity index is 1.03. The minimum atomic E-state index is 0.860. The van der Waals surface area contributed by atoms with Gasteiger partial charge in [0.1, 0.15) is 22.3 Å². The average molecular weight is 737 g/mol. The van der Waals surface area contributed by atoms with E-state index in [1.165, 1.54) is 70.9 Å². The van der Waals surface area contributed by atoms with E-state index in [1.807, 2.05) is 12.1 Å². The molecule has 0 fully saturated rings. The smallest absolute Gasteiger partial charge is 0.144 e. The SMILES string of the molecule is c1ccc2c(-c3c4ccccc4c(-c4ccc(-c5ccc6c(c5)oc5ccc7ccc8c9ccccc9oc8c7c56)c5ccccc45)c4ccccc34)cccc2c1. The standard InChI is InChI=1S/C56H32O2/c1-2-14-36-33(12-1)13-11-22-41(36)53-42-18-5-7-20-44(42)54(45-21-8-6-19-43(45)53)46-30-29-37(38-15-3-4-16-39(38)46)35-25-28-48-51(32-35)57-50-31-26-34-24-27-47-40-17-9-10-23-49(40)58-56(47)52(34)55(48)50/h1-32H. The minimum Gasteiger partial charge on any atom is -0.456 e. The fraction of sp³-hybridized carbons (Fsp3) is 0. The summed E-state index contributed by atoms with van der Waals surface area (Å²) in [6.07, 6.45) is 0. The number of benzene rings is 11. The third kappa shape index (κ3) is 4.37. The van der Waals surface area contributed by atoms with E-state index < -0.39 is 0 Å². The highest BCUT2D eigenvalue weighted by molar-refractivity contribution is 6.29. The molecule has 0 radical (unpaired) electrons. The Kier molecular flexibility index (Phi) is 6.47. The van der Waals surface area contributed by atoms with Gasteiger partial charge in [-0.05, 0) is 112 Å². The number of para-hydroxylation sites is 1. The van der Waals surface area contributed by atoms with Gasteiger partial charge in [0.05, 0.1) is 0 Å². The Hall–Kier alpha value is -7.68. The van der Waals surface area contributed by atoms with E-state index in [0.717, 1.165) is 60.2 Å². The van der Waals surface area contributed by atoms with Gasteiger partial charge >= 0.3 is 0 Å². The summed E-state index contributed by atoms with van der Waals surface area (Å²) in [6.45, 7) is 0. The Morgan fingerprint density at radius 1 is 0.259 bits per heavy atom. The normalized spacial score (nSPS) is 12.1. The van der Waals surface area contributed by atoms with Crippen LogP contribution in [0.3, 0.4) is 0 Å². The summed E-state index contributed by atoms with van der Waals surface area (Å²) in [5.41, 5.74) is 10.8. The number of rotatable bonds is 3. The molecule has 0 aliphatic heterocycles. The molecule has 2 heteroatoms. The van der Waals surface area contributed by atoms with Crippen LogP contribution < -0.4 is 0 Å². The van der Waals surface area contributed by atoms with Crippen LogP contribution in [0.4, 0.5) is 0 Å². The summed E-state index contributed by atoms with van der Waals surface area (Å²) in [5.74, 6) is 0. The number of hydrogen-bond acceptors (Lipinski definition) is 2. The number of hydrogen-bond donors (Lipinski definition) is 0. The summed E-state index contributed by atoms with van der Waals surface area (Å²) >= 11 is 0. The molecule has 13 rings (SSSR count). The molecule has 0 amide bonds. The van der Waals surface area contributed by atoms with Crippen LogP contribution in [0.1, 0.15) is 0 Å². The van der Waals surface area contributed by atoms with E-state index in [-0.39, 0.29) is 0 Å². The van der Waals surface area contributed by atoms with E-state index in [1.54, 1.807) is 0 Å². The Labute approximate surface area is 332 Å². The molecule has 0 aliphatic rings. The molecule has 0 aliphatic carbocycles. The number of fused-ring (bicyclic) bond motifs is 13. The van der Waals surface area contributed by atoms with Crippen molar-refractivity contribution in [2.45, 2.75) is 0 Å². The van der Waals surface area contributed by atoms with Gasteiger partial charge in [0.25, 0.3) is 0 Å². The molecule has 2 heterocycles. The first-order valence-electron chi connectivity index (χ1n) is 19.9. The highest BCUT2D eigenvalue weighted by Crippen LogP contribution is 2.48. The van der Waals surface area contributed by atoms with Gasteiger partial charge in [-0.25, -0.2) is 0 Å².